The van der Waals surface area contributed by atoms with E-state index in [4.69, 9.17) is 4.98 Å². The molecule has 0 aliphatic heterocycles. The first-order chi connectivity index (χ1) is 11.8. The zero-order chi connectivity index (χ0) is 17.2. The number of aromatic nitrogens is 2. The highest BCUT2D eigenvalue weighted by atomic mass is 15.1. The lowest BCUT2D eigenvalue weighted by molar-refractivity contribution is 0.257. The minimum Gasteiger partial charge on any atom is -0.328 e. The average Bonchev–Trinajstić information content (AvgIpc) is 2.95. The van der Waals surface area contributed by atoms with Crippen LogP contribution in [0.2, 0.25) is 0 Å². The summed E-state index contributed by atoms with van der Waals surface area (Å²) in [5, 5.41) is 0. The van der Waals surface area contributed by atoms with E-state index in [-0.39, 0.29) is 0 Å². The molecule has 0 radical (unpaired) electrons. The first kappa shape index (κ1) is 19.0. The van der Waals surface area contributed by atoms with Crippen LogP contribution in [-0.2, 0) is 13.0 Å². The monoisotopic (exact) mass is 329 g/mol. The molecule has 134 valence electrons. The van der Waals surface area contributed by atoms with Crippen LogP contribution in [0.4, 0.5) is 0 Å². The molecule has 0 aliphatic carbocycles. The van der Waals surface area contributed by atoms with E-state index >= 15 is 0 Å². The number of imidazole rings is 1. The molecule has 0 spiro atoms. The van der Waals surface area contributed by atoms with Crippen molar-refractivity contribution in [1.29, 1.82) is 0 Å². The molecule has 2 rings (SSSR count). The lowest BCUT2D eigenvalue weighted by Gasteiger charge is -2.22. The van der Waals surface area contributed by atoms with Crippen LogP contribution >= 0.6 is 0 Å². The minimum atomic E-state index is 1.07. The molecule has 0 N–H and O–H groups in total. The van der Waals surface area contributed by atoms with Gasteiger partial charge >= 0.3 is 0 Å². The number of rotatable bonds is 12. The summed E-state index contributed by atoms with van der Waals surface area (Å²) in [4.78, 5) is 7.51. The summed E-state index contributed by atoms with van der Waals surface area (Å²) in [5.74, 6) is 1.26. The molecular formula is C21H35N3. The highest BCUT2D eigenvalue weighted by Crippen LogP contribution is 2.18. The molecule has 3 heteroatoms. The number of para-hydroxylation sites is 2. The molecule has 1 aromatic heterocycles. The SMILES string of the molecule is CCCCN(CCCC)CCCn1c(CCC)nc2ccccc21. The average molecular weight is 330 g/mol. The molecule has 1 aromatic carbocycles. The zero-order valence-electron chi connectivity index (χ0n) is 15.9. The van der Waals surface area contributed by atoms with Crippen LogP contribution in [0.1, 0.15) is 65.1 Å². The number of nitrogens with zero attached hydrogens (tertiary/aromatic N) is 3. The summed E-state index contributed by atoms with van der Waals surface area (Å²) in [5.41, 5.74) is 2.45. The molecule has 0 amide bonds. The summed E-state index contributed by atoms with van der Waals surface area (Å²) in [7, 11) is 0. The van der Waals surface area contributed by atoms with Gasteiger partial charge in [0.25, 0.3) is 0 Å². The van der Waals surface area contributed by atoms with Crippen molar-refractivity contribution in [3.63, 3.8) is 0 Å². The Bertz CT molecular complexity index is 580. The second-order valence-electron chi connectivity index (χ2n) is 6.82. The first-order valence-corrected chi connectivity index (χ1v) is 9.96. The number of hydrogen-bond donors (Lipinski definition) is 0. The van der Waals surface area contributed by atoms with Crippen LogP contribution in [0.15, 0.2) is 24.3 Å². The van der Waals surface area contributed by atoms with E-state index in [1.165, 1.54) is 63.1 Å². The van der Waals surface area contributed by atoms with Gasteiger partial charge < -0.3 is 9.47 Å². The smallest absolute Gasteiger partial charge is 0.109 e. The zero-order valence-corrected chi connectivity index (χ0v) is 15.9. The van der Waals surface area contributed by atoms with Crippen molar-refractivity contribution in [2.75, 3.05) is 19.6 Å². The lowest BCUT2D eigenvalue weighted by Crippen LogP contribution is -2.28. The number of benzene rings is 1. The summed E-state index contributed by atoms with van der Waals surface area (Å²) in [6.07, 6.45) is 8.65. The van der Waals surface area contributed by atoms with Crippen molar-refractivity contribution in [3.8, 4) is 0 Å². The quantitative estimate of drug-likeness (QED) is 0.528. The van der Waals surface area contributed by atoms with Crippen molar-refractivity contribution in [3.05, 3.63) is 30.1 Å². The van der Waals surface area contributed by atoms with E-state index < -0.39 is 0 Å². The fraction of sp³-hybridized carbons (Fsp3) is 0.667. The van der Waals surface area contributed by atoms with Crippen LogP contribution in [0.3, 0.4) is 0 Å². The second kappa shape index (κ2) is 10.5. The molecule has 0 fully saturated rings. The topological polar surface area (TPSA) is 21.1 Å². The maximum atomic E-state index is 4.85. The standard InChI is InChI=1S/C21H35N3/c1-4-7-15-23(16-8-5-2)17-11-18-24-20-14-10-9-13-19(20)22-21(24)12-6-3/h9-10,13-14H,4-8,11-12,15-18H2,1-3H3. The van der Waals surface area contributed by atoms with Gasteiger partial charge in [-0.1, -0.05) is 45.7 Å². The first-order valence-electron chi connectivity index (χ1n) is 9.96. The summed E-state index contributed by atoms with van der Waals surface area (Å²) in [6, 6.07) is 8.57. The van der Waals surface area contributed by atoms with E-state index in [1.54, 1.807) is 0 Å². The fourth-order valence-electron chi connectivity index (χ4n) is 3.34. The second-order valence-corrected chi connectivity index (χ2v) is 6.82. The van der Waals surface area contributed by atoms with Gasteiger partial charge in [-0.15, -0.1) is 0 Å². The number of hydrogen-bond acceptors (Lipinski definition) is 2. The fourth-order valence-corrected chi connectivity index (χ4v) is 3.34. The molecule has 3 nitrogen and oxygen atoms in total. The van der Waals surface area contributed by atoms with Gasteiger partial charge in [-0.25, -0.2) is 4.98 Å². The summed E-state index contributed by atoms with van der Waals surface area (Å²) < 4.78 is 2.46. The van der Waals surface area contributed by atoms with Gasteiger partial charge in [0.2, 0.25) is 0 Å². The molecule has 0 saturated carbocycles. The Kier molecular flexibility index (Phi) is 8.31. The van der Waals surface area contributed by atoms with E-state index in [2.05, 4.69) is 54.5 Å². The predicted molar refractivity (Wildman–Crippen MR) is 105 cm³/mol. The van der Waals surface area contributed by atoms with E-state index in [0.717, 1.165) is 24.9 Å². The van der Waals surface area contributed by atoms with Gasteiger partial charge in [-0.2, -0.15) is 0 Å². The normalized spacial score (nSPS) is 11.7. The third-order valence-electron chi connectivity index (χ3n) is 4.72. The molecule has 1 heterocycles. The molecule has 0 bridgehead atoms. The third-order valence-corrected chi connectivity index (χ3v) is 4.72. The van der Waals surface area contributed by atoms with Crippen LogP contribution in [-0.4, -0.2) is 34.1 Å². The largest absolute Gasteiger partial charge is 0.328 e. The van der Waals surface area contributed by atoms with Crippen LogP contribution in [0, 0.1) is 0 Å². The molecular weight excluding hydrogens is 294 g/mol. The van der Waals surface area contributed by atoms with Gasteiger partial charge in [-0.3, -0.25) is 0 Å². The van der Waals surface area contributed by atoms with Gasteiger partial charge in [0.1, 0.15) is 5.82 Å². The van der Waals surface area contributed by atoms with Crippen molar-refractivity contribution < 1.29 is 0 Å². The number of aryl methyl sites for hydroxylation is 2. The predicted octanol–water partition coefficient (Wildman–Crippen LogP) is 5.28. The Morgan fingerprint density at radius 2 is 1.54 bits per heavy atom. The maximum Gasteiger partial charge on any atom is 0.109 e. The highest BCUT2D eigenvalue weighted by Gasteiger charge is 2.10. The van der Waals surface area contributed by atoms with Gasteiger partial charge in [0, 0.05) is 13.0 Å². The van der Waals surface area contributed by atoms with Crippen LogP contribution in [0.5, 0.6) is 0 Å². The van der Waals surface area contributed by atoms with Gasteiger partial charge in [-0.05, 0) is 57.5 Å². The Balaban J connectivity index is 1.99. The number of fused-ring (bicyclic) bond motifs is 1. The van der Waals surface area contributed by atoms with Crippen molar-refractivity contribution in [2.24, 2.45) is 0 Å². The van der Waals surface area contributed by atoms with E-state index in [1.807, 2.05) is 0 Å². The Morgan fingerprint density at radius 3 is 2.21 bits per heavy atom. The molecule has 2 aromatic rings. The van der Waals surface area contributed by atoms with E-state index in [0.29, 0.717) is 0 Å². The van der Waals surface area contributed by atoms with E-state index in [9.17, 15) is 0 Å². The molecule has 24 heavy (non-hydrogen) atoms. The molecule has 0 atom stereocenters. The minimum absolute atomic E-state index is 1.07. The molecule has 0 aliphatic rings. The summed E-state index contributed by atoms with van der Waals surface area (Å²) in [6.45, 7) is 11.6. The molecule has 0 saturated heterocycles. The van der Waals surface area contributed by atoms with Crippen molar-refractivity contribution in [2.45, 2.75) is 72.3 Å². The maximum absolute atomic E-state index is 4.85. The molecule has 0 unspecified atom stereocenters. The van der Waals surface area contributed by atoms with Crippen molar-refractivity contribution >= 4 is 11.0 Å². The lowest BCUT2D eigenvalue weighted by atomic mass is 10.2. The van der Waals surface area contributed by atoms with Crippen LogP contribution in [0.25, 0.3) is 11.0 Å². The third kappa shape index (κ3) is 5.34. The highest BCUT2D eigenvalue weighted by molar-refractivity contribution is 5.75. The van der Waals surface area contributed by atoms with Gasteiger partial charge in [0.15, 0.2) is 0 Å². The van der Waals surface area contributed by atoms with Crippen LogP contribution < -0.4 is 0 Å². The Morgan fingerprint density at radius 1 is 0.875 bits per heavy atom. The Labute approximate surface area is 148 Å². The Hall–Kier alpha value is -1.35. The number of unbranched alkanes of at least 4 members (excludes halogenated alkanes) is 2. The summed E-state index contributed by atoms with van der Waals surface area (Å²) >= 11 is 0. The van der Waals surface area contributed by atoms with Crippen molar-refractivity contribution in [1.82, 2.24) is 14.5 Å². The van der Waals surface area contributed by atoms with Gasteiger partial charge in [0.05, 0.1) is 11.0 Å².